The van der Waals surface area contributed by atoms with Crippen LogP contribution in [0.3, 0.4) is 0 Å². The third-order valence-electron chi connectivity index (χ3n) is 4.88. The maximum absolute atomic E-state index is 13.9. The van der Waals surface area contributed by atoms with Crippen molar-refractivity contribution in [2.24, 2.45) is 17.8 Å². The molecule has 3 nitrogen and oxygen atoms in total. The van der Waals surface area contributed by atoms with Gasteiger partial charge in [-0.2, -0.15) is 0 Å². The van der Waals surface area contributed by atoms with Gasteiger partial charge in [-0.1, -0.05) is 26.2 Å². The maximum atomic E-state index is 13.9. The molecule has 0 amide bonds. The standard InChI is InChI=1S/C19H30FNO2/c1-5-18(21-17-12-16(17)19(20)13(2)3)23-11-10-14-6-8-15(22-4)9-7-14/h8,13-14,16-17,19,21H,1,6-7,9-12H2,2-4H3. The van der Waals surface area contributed by atoms with Crippen LogP contribution in [0, 0.1) is 17.8 Å². The molecule has 0 radical (unpaired) electrons. The minimum absolute atomic E-state index is 0.0697. The van der Waals surface area contributed by atoms with Gasteiger partial charge in [0.1, 0.15) is 6.17 Å². The van der Waals surface area contributed by atoms with Gasteiger partial charge >= 0.3 is 0 Å². The van der Waals surface area contributed by atoms with E-state index in [0.29, 0.717) is 18.4 Å². The molecule has 0 bridgehead atoms. The Balaban J connectivity index is 1.65. The molecule has 0 spiro atoms. The lowest BCUT2D eigenvalue weighted by atomic mass is 9.91. The number of nitrogens with one attached hydrogen (secondary N) is 1. The molecule has 0 aromatic heterocycles. The third kappa shape index (κ3) is 5.31. The van der Waals surface area contributed by atoms with Crippen molar-refractivity contribution in [2.45, 2.75) is 58.2 Å². The van der Waals surface area contributed by atoms with Gasteiger partial charge in [0.2, 0.25) is 5.88 Å². The van der Waals surface area contributed by atoms with Gasteiger partial charge in [0.25, 0.3) is 0 Å². The molecular formula is C19H30FNO2. The number of ether oxygens (including phenoxy) is 2. The predicted octanol–water partition coefficient (Wildman–Crippen LogP) is 4.32. The van der Waals surface area contributed by atoms with Gasteiger partial charge in [0.15, 0.2) is 0 Å². The molecule has 0 aliphatic heterocycles. The van der Waals surface area contributed by atoms with Crippen LogP contribution in [-0.4, -0.2) is 25.9 Å². The summed E-state index contributed by atoms with van der Waals surface area (Å²) >= 11 is 0. The van der Waals surface area contributed by atoms with Crippen LogP contribution in [0.15, 0.2) is 30.0 Å². The van der Waals surface area contributed by atoms with Crippen LogP contribution in [0.4, 0.5) is 4.39 Å². The number of halogens is 1. The van der Waals surface area contributed by atoms with Gasteiger partial charge < -0.3 is 14.8 Å². The average molecular weight is 323 g/mol. The number of rotatable bonds is 9. The second kappa shape index (κ2) is 8.44. The molecule has 1 saturated carbocycles. The lowest BCUT2D eigenvalue weighted by Crippen LogP contribution is -2.24. The van der Waals surface area contributed by atoms with Crippen molar-refractivity contribution < 1.29 is 13.9 Å². The summed E-state index contributed by atoms with van der Waals surface area (Å²) in [5, 5.41) is 3.23. The lowest BCUT2D eigenvalue weighted by Gasteiger charge is -2.21. The van der Waals surface area contributed by atoms with Gasteiger partial charge in [-0.15, -0.1) is 0 Å². The van der Waals surface area contributed by atoms with Crippen molar-refractivity contribution in [1.29, 1.82) is 0 Å². The summed E-state index contributed by atoms with van der Waals surface area (Å²) in [6.07, 6.45) is 6.51. The number of hydrogen-bond acceptors (Lipinski definition) is 3. The molecule has 23 heavy (non-hydrogen) atoms. The van der Waals surface area contributed by atoms with Gasteiger partial charge in [-0.25, -0.2) is 4.39 Å². The van der Waals surface area contributed by atoms with E-state index in [2.05, 4.69) is 23.7 Å². The normalized spacial score (nSPS) is 27.7. The van der Waals surface area contributed by atoms with E-state index >= 15 is 0 Å². The highest BCUT2D eigenvalue weighted by Crippen LogP contribution is 2.39. The molecule has 2 aliphatic rings. The van der Waals surface area contributed by atoms with Crippen molar-refractivity contribution in [3.63, 3.8) is 0 Å². The monoisotopic (exact) mass is 323 g/mol. The molecule has 2 aliphatic carbocycles. The summed E-state index contributed by atoms with van der Waals surface area (Å²) < 4.78 is 24.9. The van der Waals surface area contributed by atoms with Gasteiger partial charge in [-0.3, -0.25) is 0 Å². The van der Waals surface area contributed by atoms with Crippen LogP contribution in [-0.2, 0) is 9.47 Å². The minimum Gasteiger partial charge on any atom is -0.501 e. The smallest absolute Gasteiger partial charge is 0.232 e. The van der Waals surface area contributed by atoms with Crippen molar-refractivity contribution in [2.75, 3.05) is 13.7 Å². The zero-order valence-electron chi connectivity index (χ0n) is 14.6. The Morgan fingerprint density at radius 2 is 2.30 bits per heavy atom. The molecular weight excluding hydrogens is 293 g/mol. The molecule has 0 heterocycles. The summed E-state index contributed by atoms with van der Waals surface area (Å²) in [5.74, 6) is 2.47. The van der Waals surface area contributed by atoms with Crippen molar-refractivity contribution in [3.8, 4) is 0 Å². The van der Waals surface area contributed by atoms with Crippen LogP contribution >= 0.6 is 0 Å². The summed E-state index contributed by atoms with van der Waals surface area (Å²) in [5.41, 5.74) is 2.79. The van der Waals surface area contributed by atoms with Crippen LogP contribution in [0.1, 0.15) is 46.0 Å². The molecule has 130 valence electrons. The van der Waals surface area contributed by atoms with E-state index in [1.165, 1.54) is 0 Å². The van der Waals surface area contributed by atoms with E-state index in [4.69, 9.17) is 9.47 Å². The predicted molar refractivity (Wildman–Crippen MR) is 90.4 cm³/mol. The number of allylic oxidation sites excluding steroid dienone is 2. The van der Waals surface area contributed by atoms with Crippen LogP contribution in [0.2, 0.25) is 0 Å². The van der Waals surface area contributed by atoms with E-state index in [1.54, 1.807) is 7.11 Å². The quantitative estimate of drug-likeness (QED) is 0.506. The Morgan fingerprint density at radius 3 is 2.87 bits per heavy atom. The highest BCUT2D eigenvalue weighted by molar-refractivity contribution is 5.04. The summed E-state index contributed by atoms with van der Waals surface area (Å²) in [6.45, 7) is 8.16. The first-order valence-corrected chi connectivity index (χ1v) is 8.71. The van der Waals surface area contributed by atoms with E-state index < -0.39 is 6.17 Å². The topological polar surface area (TPSA) is 30.5 Å². The minimum atomic E-state index is -0.748. The molecule has 1 fully saturated rings. The molecule has 2 rings (SSSR count). The average Bonchev–Trinajstić information content (AvgIpc) is 3.32. The highest BCUT2D eigenvalue weighted by atomic mass is 19.1. The van der Waals surface area contributed by atoms with E-state index in [9.17, 15) is 4.39 Å². The molecule has 0 aromatic rings. The third-order valence-corrected chi connectivity index (χ3v) is 4.88. The highest BCUT2D eigenvalue weighted by Gasteiger charge is 2.45. The molecule has 0 aromatic carbocycles. The van der Waals surface area contributed by atoms with E-state index in [1.807, 2.05) is 13.8 Å². The molecule has 4 unspecified atom stereocenters. The first-order valence-electron chi connectivity index (χ1n) is 8.71. The fourth-order valence-corrected chi connectivity index (χ4v) is 3.18. The fourth-order valence-electron chi connectivity index (χ4n) is 3.18. The van der Waals surface area contributed by atoms with Crippen molar-refractivity contribution in [1.82, 2.24) is 5.32 Å². The second-order valence-electron chi connectivity index (χ2n) is 7.00. The van der Waals surface area contributed by atoms with Gasteiger partial charge in [0.05, 0.1) is 19.5 Å². The van der Waals surface area contributed by atoms with E-state index in [0.717, 1.165) is 37.9 Å². The summed E-state index contributed by atoms with van der Waals surface area (Å²) in [7, 11) is 1.73. The summed E-state index contributed by atoms with van der Waals surface area (Å²) in [6, 6.07) is 0.165. The Morgan fingerprint density at radius 1 is 1.52 bits per heavy atom. The SMILES string of the molecule is C=C=C(NC1CC1C(F)C(C)C)OCCC1CC=C(OC)CC1. The Bertz CT molecular complexity index is 468. The lowest BCUT2D eigenvalue weighted by molar-refractivity contribution is 0.160. The number of methoxy groups -OCH3 is 1. The van der Waals surface area contributed by atoms with Gasteiger partial charge in [-0.05, 0) is 43.6 Å². The Kier molecular flexibility index (Phi) is 6.59. The van der Waals surface area contributed by atoms with Gasteiger partial charge in [0, 0.05) is 18.4 Å². The zero-order valence-corrected chi connectivity index (χ0v) is 14.6. The number of alkyl halides is 1. The van der Waals surface area contributed by atoms with Crippen LogP contribution < -0.4 is 5.32 Å². The summed E-state index contributed by atoms with van der Waals surface area (Å²) in [4.78, 5) is 0. The second-order valence-corrected chi connectivity index (χ2v) is 7.00. The van der Waals surface area contributed by atoms with Crippen molar-refractivity contribution >= 4 is 0 Å². The molecule has 4 atom stereocenters. The van der Waals surface area contributed by atoms with Crippen LogP contribution in [0.5, 0.6) is 0 Å². The van der Waals surface area contributed by atoms with Crippen molar-refractivity contribution in [3.05, 3.63) is 30.0 Å². The zero-order chi connectivity index (χ0) is 16.8. The maximum Gasteiger partial charge on any atom is 0.232 e. The fraction of sp³-hybridized carbons (Fsp3) is 0.737. The van der Waals surface area contributed by atoms with E-state index in [-0.39, 0.29) is 17.9 Å². The largest absolute Gasteiger partial charge is 0.501 e. The Labute approximate surface area is 139 Å². The number of hydrogen-bond donors (Lipinski definition) is 1. The van der Waals surface area contributed by atoms with Crippen LogP contribution in [0.25, 0.3) is 0 Å². The molecule has 1 N–H and O–H groups in total. The first-order chi connectivity index (χ1) is 11.0. The molecule has 0 saturated heterocycles. The first kappa shape index (κ1) is 17.9. The molecule has 4 heteroatoms. The Hall–Kier alpha value is -1.41.